The molecule has 4 heteroatoms. The Balaban J connectivity index is 1.76. The lowest BCUT2D eigenvalue weighted by atomic mass is 9.62. The number of nitrogens with zero attached hydrogens (tertiary/aromatic N) is 1. The first-order chi connectivity index (χ1) is 9.07. The van der Waals surface area contributed by atoms with Gasteiger partial charge in [0.15, 0.2) is 0 Å². The first kappa shape index (κ1) is 14.8. The van der Waals surface area contributed by atoms with Crippen LogP contribution >= 0.6 is 0 Å². The number of rotatable bonds is 5. The normalized spacial score (nSPS) is 33.5. The van der Waals surface area contributed by atoms with Crippen LogP contribution in [-0.4, -0.2) is 43.0 Å². The SMILES string of the molecule is CC1CC(CN)(C(=O)NCC(C)N2CCCCC2)C1. The molecule has 2 rings (SSSR count). The number of likely N-dealkylation sites (tertiary alicyclic amines) is 1. The molecule has 1 aliphatic heterocycles. The second kappa shape index (κ2) is 6.23. The summed E-state index contributed by atoms with van der Waals surface area (Å²) in [6.45, 7) is 8.00. The van der Waals surface area contributed by atoms with Crippen LogP contribution in [0.5, 0.6) is 0 Å². The molecule has 0 aromatic rings. The molecule has 1 saturated carbocycles. The van der Waals surface area contributed by atoms with E-state index in [0.29, 0.717) is 18.5 Å². The van der Waals surface area contributed by atoms with Crippen molar-refractivity contribution in [3.8, 4) is 0 Å². The summed E-state index contributed by atoms with van der Waals surface area (Å²) in [7, 11) is 0. The van der Waals surface area contributed by atoms with Crippen LogP contribution in [0.3, 0.4) is 0 Å². The maximum absolute atomic E-state index is 12.3. The van der Waals surface area contributed by atoms with Crippen LogP contribution in [0.15, 0.2) is 0 Å². The van der Waals surface area contributed by atoms with Crippen LogP contribution in [0.2, 0.25) is 0 Å². The molecule has 1 heterocycles. The summed E-state index contributed by atoms with van der Waals surface area (Å²) in [5, 5.41) is 3.13. The van der Waals surface area contributed by atoms with Gasteiger partial charge in [0.25, 0.3) is 0 Å². The number of amides is 1. The summed E-state index contributed by atoms with van der Waals surface area (Å²) >= 11 is 0. The third-order valence-corrected chi connectivity index (χ3v) is 4.92. The van der Waals surface area contributed by atoms with Gasteiger partial charge in [-0.05, 0) is 51.6 Å². The molecule has 1 saturated heterocycles. The quantitative estimate of drug-likeness (QED) is 0.790. The fourth-order valence-electron chi connectivity index (χ4n) is 3.64. The van der Waals surface area contributed by atoms with Gasteiger partial charge in [0.1, 0.15) is 0 Å². The Morgan fingerprint density at radius 3 is 2.53 bits per heavy atom. The maximum Gasteiger partial charge on any atom is 0.227 e. The summed E-state index contributed by atoms with van der Waals surface area (Å²) in [4.78, 5) is 14.8. The third kappa shape index (κ3) is 3.29. The van der Waals surface area contributed by atoms with Crippen LogP contribution in [0, 0.1) is 11.3 Å². The average molecular weight is 267 g/mol. The Bertz CT molecular complexity index is 307. The van der Waals surface area contributed by atoms with Gasteiger partial charge in [0.05, 0.1) is 5.41 Å². The number of carbonyl (C=O) groups excluding carboxylic acids is 1. The Kier molecular flexibility index (Phi) is 4.85. The minimum absolute atomic E-state index is 0.178. The molecule has 1 unspecified atom stereocenters. The van der Waals surface area contributed by atoms with E-state index in [1.54, 1.807) is 0 Å². The molecule has 4 nitrogen and oxygen atoms in total. The molecule has 110 valence electrons. The minimum atomic E-state index is -0.263. The van der Waals surface area contributed by atoms with Gasteiger partial charge in [-0.2, -0.15) is 0 Å². The van der Waals surface area contributed by atoms with Crippen molar-refractivity contribution in [2.24, 2.45) is 17.1 Å². The molecule has 2 fully saturated rings. The van der Waals surface area contributed by atoms with Crippen LogP contribution < -0.4 is 11.1 Å². The fraction of sp³-hybridized carbons (Fsp3) is 0.933. The van der Waals surface area contributed by atoms with E-state index in [1.165, 1.54) is 32.4 Å². The number of nitrogens with two attached hydrogens (primary N) is 1. The largest absolute Gasteiger partial charge is 0.354 e. The van der Waals surface area contributed by atoms with Crippen molar-refractivity contribution >= 4 is 5.91 Å². The molecule has 0 spiro atoms. The van der Waals surface area contributed by atoms with E-state index in [2.05, 4.69) is 24.1 Å². The van der Waals surface area contributed by atoms with E-state index in [0.717, 1.165) is 19.4 Å². The molecule has 19 heavy (non-hydrogen) atoms. The molecular weight excluding hydrogens is 238 g/mol. The second-order valence-corrected chi connectivity index (χ2v) is 6.65. The average Bonchev–Trinajstić information content (AvgIpc) is 2.41. The van der Waals surface area contributed by atoms with Crippen LogP contribution in [0.25, 0.3) is 0 Å². The topological polar surface area (TPSA) is 58.4 Å². The lowest BCUT2D eigenvalue weighted by Crippen LogP contribution is -2.55. The van der Waals surface area contributed by atoms with Gasteiger partial charge in [0, 0.05) is 19.1 Å². The van der Waals surface area contributed by atoms with E-state index in [-0.39, 0.29) is 11.3 Å². The Morgan fingerprint density at radius 1 is 1.37 bits per heavy atom. The Labute approximate surface area is 117 Å². The summed E-state index contributed by atoms with van der Waals surface area (Å²) in [5.74, 6) is 0.825. The van der Waals surface area contributed by atoms with Crippen LogP contribution in [-0.2, 0) is 4.79 Å². The second-order valence-electron chi connectivity index (χ2n) is 6.65. The summed E-state index contributed by atoms with van der Waals surface area (Å²) in [5.41, 5.74) is 5.55. The highest BCUT2D eigenvalue weighted by molar-refractivity contribution is 5.84. The maximum atomic E-state index is 12.3. The van der Waals surface area contributed by atoms with Crippen LogP contribution in [0.1, 0.15) is 46.0 Å². The molecule has 1 atom stereocenters. The first-order valence-electron chi connectivity index (χ1n) is 7.80. The van der Waals surface area contributed by atoms with Crippen molar-refractivity contribution < 1.29 is 4.79 Å². The van der Waals surface area contributed by atoms with Gasteiger partial charge < -0.3 is 11.1 Å². The van der Waals surface area contributed by atoms with E-state index < -0.39 is 0 Å². The highest BCUT2D eigenvalue weighted by atomic mass is 16.2. The molecule has 0 aromatic heterocycles. The predicted molar refractivity (Wildman–Crippen MR) is 77.8 cm³/mol. The zero-order chi connectivity index (χ0) is 13.9. The molecule has 3 N–H and O–H groups in total. The smallest absolute Gasteiger partial charge is 0.227 e. The zero-order valence-corrected chi connectivity index (χ0v) is 12.5. The van der Waals surface area contributed by atoms with E-state index >= 15 is 0 Å². The Morgan fingerprint density at radius 2 is 2.00 bits per heavy atom. The monoisotopic (exact) mass is 267 g/mol. The summed E-state index contributed by atoms with van der Waals surface area (Å²) < 4.78 is 0. The highest BCUT2D eigenvalue weighted by Gasteiger charge is 2.47. The standard InChI is InChI=1S/C15H29N3O/c1-12-8-15(9-12,11-16)14(19)17-10-13(2)18-6-4-3-5-7-18/h12-13H,3-11,16H2,1-2H3,(H,17,19). The van der Waals surface area contributed by atoms with Crippen molar-refractivity contribution in [3.05, 3.63) is 0 Å². The van der Waals surface area contributed by atoms with Crippen molar-refractivity contribution in [2.45, 2.75) is 52.0 Å². The minimum Gasteiger partial charge on any atom is -0.354 e. The molecule has 0 aromatic carbocycles. The number of piperidine rings is 1. The molecule has 0 radical (unpaired) electrons. The summed E-state index contributed by atoms with van der Waals surface area (Å²) in [6.07, 6.45) is 5.84. The predicted octanol–water partition coefficient (Wildman–Crippen LogP) is 1.35. The number of hydrogen-bond acceptors (Lipinski definition) is 3. The van der Waals surface area contributed by atoms with Gasteiger partial charge in [-0.3, -0.25) is 9.69 Å². The molecular formula is C15H29N3O. The van der Waals surface area contributed by atoms with Crippen molar-refractivity contribution in [1.82, 2.24) is 10.2 Å². The van der Waals surface area contributed by atoms with Gasteiger partial charge >= 0.3 is 0 Å². The zero-order valence-electron chi connectivity index (χ0n) is 12.5. The molecule has 0 bridgehead atoms. The first-order valence-corrected chi connectivity index (χ1v) is 7.80. The van der Waals surface area contributed by atoms with Crippen LogP contribution in [0.4, 0.5) is 0 Å². The third-order valence-electron chi connectivity index (χ3n) is 4.92. The summed E-state index contributed by atoms with van der Waals surface area (Å²) in [6, 6.07) is 0.441. The number of nitrogens with one attached hydrogen (secondary N) is 1. The van der Waals surface area contributed by atoms with E-state index in [1.807, 2.05) is 0 Å². The lowest BCUT2D eigenvalue weighted by Gasteiger charge is -2.44. The van der Waals surface area contributed by atoms with Crippen molar-refractivity contribution in [3.63, 3.8) is 0 Å². The van der Waals surface area contributed by atoms with Gasteiger partial charge in [0.2, 0.25) is 5.91 Å². The number of hydrogen-bond donors (Lipinski definition) is 2. The molecule has 2 aliphatic rings. The van der Waals surface area contributed by atoms with E-state index in [4.69, 9.17) is 5.73 Å². The van der Waals surface area contributed by atoms with Crippen molar-refractivity contribution in [1.29, 1.82) is 0 Å². The van der Waals surface area contributed by atoms with E-state index in [9.17, 15) is 4.79 Å². The Hall–Kier alpha value is -0.610. The van der Waals surface area contributed by atoms with Crippen molar-refractivity contribution in [2.75, 3.05) is 26.2 Å². The highest BCUT2D eigenvalue weighted by Crippen LogP contribution is 2.44. The lowest BCUT2D eigenvalue weighted by molar-refractivity contribution is -0.138. The van der Waals surface area contributed by atoms with Gasteiger partial charge in [-0.15, -0.1) is 0 Å². The number of carbonyl (C=O) groups is 1. The fourth-order valence-corrected chi connectivity index (χ4v) is 3.64. The molecule has 1 amide bonds. The van der Waals surface area contributed by atoms with Gasteiger partial charge in [-0.1, -0.05) is 13.3 Å². The van der Waals surface area contributed by atoms with Gasteiger partial charge in [-0.25, -0.2) is 0 Å². The molecule has 1 aliphatic carbocycles.